The minimum absolute atomic E-state index is 0. The van der Waals surface area contributed by atoms with E-state index < -0.39 is 5.60 Å². The second-order valence-electron chi connectivity index (χ2n) is 8.31. The van der Waals surface area contributed by atoms with E-state index in [9.17, 15) is 4.79 Å². The van der Waals surface area contributed by atoms with Gasteiger partial charge in [0.25, 0.3) is 0 Å². The molecule has 1 aliphatic heterocycles. The molecule has 2 N–H and O–H groups in total. The maximum Gasteiger partial charge on any atom is 0.410 e. The molecule has 0 spiro atoms. The van der Waals surface area contributed by atoms with Crippen molar-refractivity contribution in [1.82, 2.24) is 15.5 Å². The van der Waals surface area contributed by atoms with Gasteiger partial charge in [0.1, 0.15) is 5.60 Å². The number of carbonyl (C=O) groups excluding carboxylic acids is 1. The molecule has 1 fully saturated rings. The highest BCUT2D eigenvalue weighted by Gasteiger charge is 2.21. The molecule has 178 valence electrons. The number of hydrogen-bond acceptors (Lipinski definition) is 5. The molecule has 1 unspecified atom stereocenters. The summed E-state index contributed by atoms with van der Waals surface area (Å²) in [6.07, 6.45) is 2.60. The van der Waals surface area contributed by atoms with Gasteiger partial charge in [0.15, 0.2) is 5.96 Å². The van der Waals surface area contributed by atoms with E-state index in [1.807, 2.05) is 27.7 Å². The molecule has 8 nitrogen and oxygen atoms in total. The summed E-state index contributed by atoms with van der Waals surface area (Å²) in [6, 6.07) is 0. The summed E-state index contributed by atoms with van der Waals surface area (Å²) in [6.45, 7) is 16.3. The predicted molar refractivity (Wildman–Crippen MR) is 132 cm³/mol. The minimum atomic E-state index is -0.486. The van der Waals surface area contributed by atoms with E-state index in [1.54, 1.807) is 4.90 Å². The third-order valence-corrected chi connectivity index (χ3v) is 4.26. The van der Waals surface area contributed by atoms with Gasteiger partial charge in [-0.25, -0.2) is 4.79 Å². The van der Waals surface area contributed by atoms with Gasteiger partial charge in [0.2, 0.25) is 0 Å². The van der Waals surface area contributed by atoms with Crippen molar-refractivity contribution in [2.24, 2.45) is 10.9 Å². The van der Waals surface area contributed by atoms with Crippen LogP contribution in [0.4, 0.5) is 4.79 Å². The molecule has 30 heavy (non-hydrogen) atoms. The molecule has 0 saturated carbocycles. The van der Waals surface area contributed by atoms with Crippen molar-refractivity contribution in [3.05, 3.63) is 0 Å². The number of aliphatic imine (C=N–C) groups is 1. The van der Waals surface area contributed by atoms with Gasteiger partial charge in [-0.3, -0.25) is 4.99 Å². The largest absolute Gasteiger partial charge is 0.444 e. The summed E-state index contributed by atoms with van der Waals surface area (Å²) >= 11 is 0. The molecule has 0 aromatic rings. The van der Waals surface area contributed by atoms with Crippen LogP contribution in [0.3, 0.4) is 0 Å². The number of guanidine groups is 1. The molecule has 9 heteroatoms. The van der Waals surface area contributed by atoms with Gasteiger partial charge in [-0.05, 0) is 47.0 Å². The lowest BCUT2D eigenvalue weighted by Gasteiger charge is -2.27. The van der Waals surface area contributed by atoms with Crippen molar-refractivity contribution in [3.63, 3.8) is 0 Å². The van der Waals surface area contributed by atoms with Crippen molar-refractivity contribution in [2.75, 3.05) is 59.2 Å². The zero-order chi connectivity index (χ0) is 21.5. The number of nitrogens with one attached hydrogen (secondary N) is 2. The van der Waals surface area contributed by atoms with Crippen LogP contribution in [-0.4, -0.2) is 81.7 Å². The Morgan fingerprint density at radius 1 is 1.23 bits per heavy atom. The predicted octanol–water partition coefficient (Wildman–Crippen LogP) is 3.25. The fourth-order valence-corrected chi connectivity index (χ4v) is 2.86. The van der Waals surface area contributed by atoms with E-state index in [4.69, 9.17) is 14.2 Å². The van der Waals surface area contributed by atoms with Crippen LogP contribution in [0, 0.1) is 5.92 Å². The van der Waals surface area contributed by atoms with Crippen LogP contribution in [0.15, 0.2) is 4.99 Å². The Bertz CT molecular complexity index is 480. The van der Waals surface area contributed by atoms with E-state index in [2.05, 4.69) is 22.5 Å². The summed E-state index contributed by atoms with van der Waals surface area (Å²) in [5, 5.41) is 6.53. The first-order chi connectivity index (χ1) is 13.9. The van der Waals surface area contributed by atoms with Crippen molar-refractivity contribution in [3.8, 4) is 0 Å². The van der Waals surface area contributed by atoms with Crippen molar-refractivity contribution in [1.29, 1.82) is 0 Å². The molecule has 1 heterocycles. The fourth-order valence-electron chi connectivity index (χ4n) is 2.86. The zero-order valence-electron chi connectivity index (χ0n) is 19.5. The first kappa shape index (κ1) is 29.2. The molecule has 0 bridgehead atoms. The molecule has 1 rings (SSSR count). The quantitative estimate of drug-likeness (QED) is 0.171. The minimum Gasteiger partial charge on any atom is -0.444 e. The highest BCUT2D eigenvalue weighted by Crippen LogP contribution is 2.12. The van der Waals surface area contributed by atoms with Gasteiger partial charge < -0.3 is 29.7 Å². The van der Waals surface area contributed by atoms with E-state index in [-0.39, 0.29) is 30.1 Å². The monoisotopic (exact) mass is 542 g/mol. The average Bonchev–Trinajstić information content (AvgIpc) is 3.15. The molecule has 0 aromatic heterocycles. The van der Waals surface area contributed by atoms with Crippen molar-refractivity contribution < 1.29 is 19.0 Å². The lowest BCUT2D eigenvalue weighted by molar-refractivity contribution is 0.0253. The standard InChI is InChI=1S/C21H42N4O4.HI/c1-6-12-25(20(26)29-21(3,4)5)13-11-24-19(22-7-2)23-10-8-14-27-16-18-9-15-28-17-18;/h18H,6-17H2,1-5H3,(H2,22,23,24);1H. The smallest absolute Gasteiger partial charge is 0.410 e. The zero-order valence-corrected chi connectivity index (χ0v) is 21.8. The van der Waals surface area contributed by atoms with Crippen molar-refractivity contribution >= 4 is 36.0 Å². The van der Waals surface area contributed by atoms with Crippen LogP contribution in [0.25, 0.3) is 0 Å². The molecule has 1 saturated heterocycles. The van der Waals surface area contributed by atoms with E-state index in [0.717, 1.165) is 51.6 Å². The van der Waals surface area contributed by atoms with Crippen LogP contribution in [0.1, 0.15) is 53.9 Å². The highest BCUT2D eigenvalue weighted by atomic mass is 127. The Balaban J connectivity index is 0.00000841. The number of carbonyl (C=O) groups is 1. The summed E-state index contributed by atoms with van der Waals surface area (Å²) in [5.74, 6) is 1.31. The SMILES string of the molecule is CCCN(CCNC(=NCCCOCC1CCOC1)NCC)C(=O)OC(C)(C)C.I. The molecule has 1 atom stereocenters. The summed E-state index contributed by atoms with van der Waals surface area (Å²) < 4.78 is 16.6. The Labute approximate surface area is 199 Å². The van der Waals surface area contributed by atoms with Gasteiger partial charge in [-0.15, -0.1) is 24.0 Å². The third kappa shape index (κ3) is 14.2. The van der Waals surface area contributed by atoms with Crippen LogP contribution < -0.4 is 10.6 Å². The van der Waals surface area contributed by atoms with Crippen LogP contribution >= 0.6 is 24.0 Å². The van der Waals surface area contributed by atoms with Gasteiger partial charge in [0.05, 0.1) is 13.2 Å². The summed E-state index contributed by atoms with van der Waals surface area (Å²) in [5.41, 5.74) is -0.486. The maximum atomic E-state index is 12.3. The number of halogens is 1. The molecule has 0 aromatic carbocycles. The molecular formula is C21H43IN4O4. The Hall–Kier alpha value is -0.810. The van der Waals surface area contributed by atoms with Crippen LogP contribution in [0.5, 0.6) is 0 Å². The number of ether oxygens (including phenoxy) is 3. The van der Waals surface area contributed by atoms with E-state index >= 15 is 0 Å². The van der Waals surface area contributed by atoms with Gasteiger partial charge in [-0.2, -0.15) is 0 Å². The lowest BCUT2D eigenvalue weighted by atomic mass is 10.1. The van der Waals surface area contributed by atoms with Gasteiger partial charge in [0, 0.05) is 51.9 Å². The molecule has 1 amide bonds. The van der Waals surface area contributed by atoms with E-state index in [1.165, 1.54) is 0 Å². The van der Waals surface area contributed by atoms with Crippen LogP contribution in [0.2, 0.25) is 0 Å². The second kappa shape index (κ2) is 16.8. The third-order valence-electron chi connectivity index (χ3n) is 4.26. The number of amides is 1. The second-order valence-corrected chi connectivity index (χ2v) is 8.31. The fraction of sp³-hybridized carbons (Fsp3) is 0.905. The normalized spacial score (nSPS) is 16.7. The Morgan fingerprint density at radius 3 is 2.60 bits per heavy atom. The Morgan fingerprint density at radius 2 is 2.00 bits per heavy atom. The number of nitrogens with zero attached hydrogens (tertiary/aromatic N) is 2. The highest BCUT2D eigenvalue weighted by molar-refractivity contribution is 14.0. The molecule has 0 aliphatic carbocycles. The van der Waals surface area contributed by atoms with Gasteiger partial charge >= 0.3 is 6.09 Å². The Kier molecular flexibility index (Phi) is 16.4. The summed E-state index contributed by atoms with van der Waals surface area (Å²) in [4.78, 5) is 18.6. The van der Waals surface area contributed by atoms with Gasteiger partial charge in [-0.1, -0.05) is 6.92 Å². The number of rotatable bonds is 12. The molecular weight excluding hydrogens is 499 g/mol. The average molecular weight is 543 g/mol. The number of hydrogen-bond donors (Lipinski definition) is 2. The maximum absolute atomic E-state index is 12.3. The topological polar surface area (TPSA) is 84.4 Å². The lowest BCUT2D eigenvalue weighted by Crippen LogP contribution is -2.44. The van der Waals surface area contributed by atoms with Crippen molar-refractivity contribution in [2.45, 2.75) is 59.5 Å². The first-order valence-electron chi connectivity index (χ1n) is 11.0. The first-order valence-corrected chi connectivity index (χ1v) is 11.0. The summed E-state index contributed by atoms with van der Waals surface area (Å²) in [7, 11) is 0. The van der Waals surface area contributed by atoms with Crippen LogP contribution in [-0.2, 0) is 14.2 Å². The molecule has 0 radical (unpaired) electrons. The van der Waals surface area contributed by atoms with E-state index in [0.29, 0.717) is 38.7 Å². The molecule has 1 aliphatic rings.